The van der Waals surface area contributed by atoms with Crippen LogP contribution >= 0.6 is 0 Å². The Morgan fingerprint density at radius 1 is 1.40 bits per heavy atom. The van der Waals surface area contributed by atoms with Gasteiger partial charge in [-0.3, -0.25) is 0 Å². The van der Waals surface area contributed by atoms with Gasteiger partial charge in [0.05, 0.1) is 0 Å². The Balaban J connectivity index is 1.95. The van der Waals surface area contributed by atoms with E-state index in [0.717, 1.165) is 5.92 Å². The van der Waals surface area contributed by atoms with Crippen LogP contribution in [0.25, 0.3) is 6.08 Å². The number of rotatable bonds is 3. The minimum atomic E-state index is 0.852. The second-order valence-corrected chi connectivity index (χ2v) is 4.46. The molecule has 1 aromatic carbocycles. The van der Waals surface area contributed by atoms with Crippen molar-refractivity contribution in [3.05, 3.63) is 41.5 Å². The summed E-state index contributed by atoms with van der Waals surface area (Å²) in [4.78, 5) is 0. The molecule has 15 heavy (non-hydrogen) atoms. The van der Waals surface area contributed by atoms with Crippen molar-refractivity contribution in [1.82, 2.24) is 5.32 Å². The van der Waals surface area contributed by atoms with Gasteiger partial charge in [-0.2, -0.15) is 0 Å². The molecule has 0 radical (unpaired) electrons. The highest BCUT2D eigenvalue weighted by Crippen LogP contribution is 2.19. The fourth-order valence-electron chi connectivity index (χ4n) is 2.24. The summed E-state index contributed by atoms with van der Waals surface area (Å²) in [5.74, 6) is 0.852. The van der Waals surface area contributed by atoms with Crippen LogP contribution in [0.1, 0.15) is 25.3 Å². The molecule has 1 aromatic rings. The highest BCUT2D eigenvalue weighted by molar-refractivity contribution is 5.52. The van der Waals surface area contributed by atoms with E-state index >= 15 is 0 Å². The summed E-state index contributed by atoms with van der Waals surface area (Å²) in [6.45, 7) is 4.63. The van der Waals surface area contributed by atoms with Gasteiger partial charge in [-0.15, -0.1) is 0 Å². The van der Waals surface area contributed by atoms with Crippen LogP contribution in [0.4, 0.5) is 0 Å². The minimum Gasteiger partial charge on any atom is -0.316 e. The van der Waals surface area contributed by atoms with Crippen LogP contribution in [0.5, 0.6) is 0 Å². The molecule has 1 saturated heterocycles. The molecule has 1 unspecified atom stereocenters. The van der Waals surface area contributed by atoms with Gasteiger partial charge in [-0.05, 0) is 44.3 Å². The molecule has 0 bridgehead atoms. The van der Waals surface area contributed by atoms with Crippen molar-refractivity contribution >= 4 is 6.08 Å². The molecule has 2 rings (SSSR count). The van der Waals surface area contributed by atoms with Crippen LogP contribution in [0.15, 0.2) is 35.9 Å². The van der Waals surface area contributed by atoms with E-state index < -0.39 is 0 Å². The van der Waals surface area contributed by atoms with Gasteiger partial charge in [0.25, 0.3) is 0 Å². The Morgan fingerprint density at radius 2 is 2.20 bits per heavy atom. The van der Waals surface area contributed by atoms with E-state index in [2.05, 4.69) is 48.6 Å². The average molecular weight is 201 g/mol. The van der Waals surface area contributed by atoms with Crippen LogP contribution in [0.2, 0.25) is 0 Å². The second-order valence-electron chi connectivity index (χ2n) is 4.46. The Morgan fingerprint density at radius 3 is 2.87 bits per heavy atom. The lowest BCUT2D eigenvalue weighted by Crippen LogP contribution is -2.08. The molecule has 0 amide bonds. The van der Waals surface area contributed by atoms with Crippen molar-refractivity contribution in [1.29, 1.82) is 0 Å². The van der Waals surface area contributed by atoms with Crippen molar-refractivity contribution < 1.29 is 0 Å². The Labute approximate surface area is 92.2 Å². The first-order valence-corrected chi connectivity index (χ1v) is 5.77. The summed E-state index contributed by atoms with van der Waals surface area (Å²) in [7, 11) is 0. The Bertz CT molecular complexity index is 320. The topological polar surface area (TPSA) is 12.0 Å². The third-order valence-corrected chi connectivity index (χ3v) is 2.99. The van der Waals surface area contributed by atoms with Crippen LogP contribution in [0, 0.1) is 5.92 Å². The molecular formula is C14H19N. The van der Waals surface area contributed by atoms with E-state index in [4.69, 9.17) is 0 Å². The van der Waals surface area contributed by atoms with Gasteiger partial charge >= 0.3 is 0 Å². The first-order valence-electron chi connectivity index (χ1n) is 5.77. The number of hydrogen-bond donors (Lipinski definition) is 1. The first kappa shape index (κ1) is 10.4. The van der Waals surface area contributed by atoms with Gasteiger partial charge in [0.15, 0.2) is 0 Å². The summed E-state index contributed by atoms with van der Waals surface area (Å²) >= 11 is 0. The normalized spacial score (nSPS) is 21.9. The summed E-state index contributed by atoms with van der Waals surface area (Å²) in [6.07, 6.45) is 4.88. The fourth-order valence-corrected chi connectivity index (χ4v) is 2.24. The maximum absolute atomic E-state index is 3.41. The molecule has 1 N–H and O–H groups in total. The zero-order valence-corrected chi connectivity index (χ0v) is 9.37. The van der Waals surface area contributed by atoms with Gasteiger partial charge in [-0.1, -0.05) is 42.0 Å². The molecule has 1 aliphatic heterocycles. The molecule has 1 nitrogen and oxygen atoms in total. The highest BCUT2D eigenvalue weighted by atomic mass is 14.9. The van der Waals surface area contributed by atoms with Crippen molar-refractivity contribution in [2.45, 2.75) is 19.8 Å². The molecule has 1 heteroatoms. The third kappa shape index (κ3) is 3.21. The molecule has 0 aromatic heterocycles. The van der Waals surface area contributed by atoms with E-state index in [0.29, 0.717) is 0 Å². The van der Waals surface area contributed by atoms with Crippen molar-refractivity contribution in [3.8, 4) is 0 Å². The number of benzene rings is 1. The van der Waals surface area contributed by atoms with Gasteiger partial charge in [-0.25, -0.2) is 0 Å². The van der Waals surface area contributed by atoms with Gasteiger partial charge in [0.2, 0.25) is 0 Å². The summed E-state index contributed by atoms with van der Waals surface area (Å²) in [5.41, 5.74) is 2.82. The fraction of sp³-hybridized carbons (Fsp3) is 0.429. The molecular weight excluding hydrogens is 182 g/mol. The van der Waals surface area contributed by atoms with Crippen molar-refractivity contribution in [2.75, 3.05) is 13.1 Å². The van der Waals surface area contributed by atoms with E-state index in [1.165, 1.54) is 37.1 Å². The molecule has 0 spiro atoms. The third-order valence-electron chi connectivity index (χ3n) is 2.99. The minimum absolute atomic E-state index is 0.852. The van der Waals surface area contributed by atoms with Crippen LogP contribution in [0.3, 0.4) is 0 Å². The molecule has 0 saturated carbocycles. The molecule has 0 aliphatic carbocycles. The van der Waals surface area contributed by atoms with E-state index in [-0.39, 0.29) is 0 Å². The largest absolute Gasteiger partial charge is 0.316 e. The lowest BCUT2D eigenvalue weighted by molar-refractivity contribution is 0.578. The maximum Gasteiger partial charge on any atom is -0.00170 e. The van der Waals surface area contributed by atoms with E-state index in [9.17, 15) is 0 Å². The SMILES string of the molecule is C/C(=C\c1ccccc1)CC1CCNC1. The standard InChI is InChI=1S/C14H19N/c1-12(10-14-7-8-15-11-14)9-13-5-3-2-4-6-13/h2-6,9,14-15H,7-8,10-11H2,1H3/b12-9+. The Kier molecular flexibility index (Phi) is 3.57. The van der Waals surface area contributed by atoms with Crippen molar-refractivity contribution in [2.24, 2.45) is 5.92 Å². The van der Waals surface area contributed by atoms with Gasteiger partial charge < -0.3 is 5.32 Å². The summed E-state index contributed by atoms with van der Waals surface area (Å²) in [6, 6.07) is 10.6. The van der Waals surface area contributed by atoms with Crippen LogP contribution < -0.4 is 5.32 Å². The molecule has 1 aliphatic rings. The van der Waals surface area contributed by atoms with Crippen molar-refractivity contribution in [3.63, 3.8) is 0 Å². The molecule has 1 atom stereocenters. The maximum atomic E-state index is 3.41. The van der Waals surface area contributed by atoms with Crippen LogP contribution in [-0.4, -0.2) is 13.1 Å². The number of nitrogens with one attached hydrogen (secondary N) is 1. The Hall–Kier alpha value is -1.08. The van der Waals surface area contributed by atoms with E-state index in [1.807, 2.05) is 0 Å². The number of hydrogen-bond acceptors (Lipinski definition) is 1. The zero-order chi connectivity index (χ0) is 10.5. The highest BCUT2D eigenvalue weighted by Gasteiger charge is 2.14. The predicted octanol–water partition coefficient (Wildman–Crippen LogP) is 3.09. The first-order chi connectivity index (χ1) is 7.34. The van der Waals surface area contributed by atoms with E-state index in [1.54, 1.807) is 0 Å². The van der Waals surface area contributed by atoms with Crippen LogP contribution in [-0.2, 0) is 0 Å². The summed E-state index contributed by atoms with van der Waals surface area (Å²) < 4.78 is 0. The summed E-state index contributed by atoms with van der Waals surface area (Å²) in [5, 5.41) is 3.41. The average Bonchev–Trinajstić information content (AvgIpc) is 2.71. The van der Waals surface area contributed by atoms with Gasteiger partial charge in [0, 0.05) is 0 Å². The quantitative estimate of drug-likeness (QED) is 0.792. The van der Waals surface area contributed by atoms with Gasteiger partial charge in [0.1, 0.15) is 0 Å². The lowest BCUT2D eigenvalue weighted by atomic mass is 9.98. The molecule has 1 heterocycles. The second kappa shape index (κ2) is 5.13. The molecule has 1 fully saturated rings. The zero-order valence-electron chi connectivity index (χ0n) is 9.37. The lowest BCUT2D eigenvalue weighted by Gasteiger charge is -2.08. The monoisotopic (exact) mass is 201 g/mol. The number of allylic oxidation sites excluding steroid dienone is 1. The smallest absolute Gasteiger partial charge is 0.00170 e. The molecule has 80 valence electrons. The predicted molar refractivity (Wildman–Crippen MR) is 65.7 cm³/mol.